The van der Waals surface area contributed by atoms with E-state index in [1.54, 1.807) is 6.20 Å². The van der Waals surface area contributed by atoms with E-state index in [0.717, 1.165) is 63.5 Å². The highest BCUT2D eigenvalue weighted by Gasteiger charge is 2.21. The maximum Gasteiger partial charge on any atom is 0.130 e. The molecule has 3 aromatic heterocycles. The summed E-state index contributed by atoms with van der Waals surface area (Å²) < 4.78 is 5.55. The maximum atomic E-state index is 5.87. The molecule has 0 radical (unpaired) electrons. The number of pyridine rings is 2. The van der Waals surface area contributed by atoms with Gasteiger partial charge in [0, 0.05) is 47.6 Å². The molecular weight excluding hydrogens is 400 g/mol. The van der Waals surface area contributed by atoms with E-state index in [2.05, 4.69) is 44.9 Å². The molecule has 1 aliphatic rings. The highest BCUT2D eigenvalue weighted by molar-refractivity contribution is 5.90. The predicted octanol–water partition coefficient (Wildman–Crippen LogP) is 3.85. The van der Waals surface area contributed by atoms with Gasteiger partial charge in [0.15, 0.2) is 0 Å². The summed E-state index contributed by atoms with van der Waals surface area (Å²) in [6.07, 6.45) is 7.01. The van der Waals surface area contributed by atoms with Gasteiger partial charge in [-0.05, 0) is 42.1 Å². The van der Waals surface area contributed by atoms with Crippen LogP contribution in [0.1, 0.15) is 17.0 Å². The van der Waals surface area contributed by atoms with Crippen LogP contribution in [0.15, 0.2) is 67.6 Å². The van der Waals surface area contributed by atoms with Gasteiger partial charge in [0.1, 0.15) is 5.82 Å². The molecule has 0 spiro atoms. The molecule has 0 atom stereocenters. The topological polar surface area (TPSA) is 93.0 Å². The van der Waals surface area contributed by atoms with Crippen molar-refractivity contribution < 1.29 is 4.74 Å². The molecule has 4 heterocycles. The van der Waals surface area contributed by atoms with Crippen molar-refractivity contribution in [3.63, 3.8) is 0 Å². The fraction of sp³-hybridized carbons (Fsp3) is 0.160. The van der Waals surface area contributed by atoms with E-state index < -0.39 is 0 Å². The average molecular weight is 425 g/mol. The molecule has 0 unspecified atom stereocenters. The minimum atomic E-state index is 0.676. The van der Waals surface area contributed by atoms with Crippen LogP contribution in [0.25, 0.3) is 33.7 Å². The van der Waals surface area contributed by atoms with Gasteiger partial charge >= 0.3 is 0 Å². The first-order valence-electron chi connectivity index (χ1n) is 10.5. The van der Waals surface area contributed by atoms with Gasteiger partial charge in [-0.15, -0.1) is 0 Å². The van der Waals surface area contributed by atoms with Crippen LogP contribution in [0.3, 0.4) is 0 Å². The Morgan fingerprint density at radius 3 is 2.78 bits per heavy atom. The Labute approximate surface area is 186 Å². The third-order valence-electron chi connectivity index (χ3n) is 5.66. The number of morpholine rings is 1. The van der Waals surface area contributed by atoms with Gasteiger partial charge in [0.2, 0.25) is 0 Å². The number of fused-ring (bicyclic) bond motifs is 1. The number of hydrogen-bond donors (Lipinski definition) is 2. The number of aromatic amines is 1. The van der Waals surface area contributed by atoms with E-state index in [0.29, 0.717) is 13.2 Å². The maximum absolute atomic E-state index is 5.87. The summed E-state index contributed by atoms with van der Waals surface area (Å²) >= 11 is 0. The van der Waals surface area contributed by atoms with E-state index >= 15 is 0 Å². The average Bonchev–Trinajstić information content (AvgIpc) is 3.39. The summed E-state index contributed by atoms with van der Waals surface area (Å²) in [5.74, 6) is 0.876. The lowest BCUT2D eigenvalue weighted by Crippen LogP contribution is -2.37. The third kappa shape index (κ3) is 3.74. The van der Waals surface area contributed by atoms with Crippen molar-refractivity contribution in [3.8, 4) is 11.1 Å². The zero-order chi connectivity index (χ0) is 21.9. The van der Waals surface area contributed by atoms with Crippen molar-refractivity contribution >= 4 is 28.4 Å². The summed E-state index contributed by atoms with van der Waals surface area (Å²) in [5, 5.41) is 8.15. The number of nitrogens with one attached hydrogen (secondary N) is 1. The van der Waals surface area contributed by atoms with Crippen LogP contribution < -0.4 is 10.6 Å². The van der Waals surface area contributed by atoms with Crippen molar-refractivity contribution in [2.45, 2.75) is 0 Å². The fourth-order valence-electron chi connectivity index (χ4n) is 4.00. The second-order valence-corrected chi connectivity index (χ2v) is 7.61. The van der Waals surface area contributed by atoms with E-state index in [-0.39, 0.29) is 0 Å². The number of nitrogens with two attached hydrogens (primary N) is 1. The second kappa shape index (κ2) is 8.64. The van der Waals surface area contributed by atoms with Gasteiger partial charge in [-0.3, -0.25) is 10.1 Å². The van der Waals surface area contributed by atoms with E-state index in [1.807, 2.05) is 36.5 Å². The summed E-state index contributed by atoms with van der Waals surface area (Å²) in [6.45, 7) is 7.23. The van der Waals surface area contributed by atoms with Crippen LogP contribution in [0.4, 0.5) is 5.82 Å². The lowest BCUT2D eigenvalue weighted by atomic mass is 9.95. The van der Waals surface area contributed by atoms with E-state index in [1.165, 1.54) is 6.20 Å². The van der Waals surface area contributed by atoms with Crippen molar-refractivity contribution in [1.29, 1.82) is 0 Å². The molecule has 1 aromatic carbocycles. The Balaban J connectivity index is 1.74. The number of nitrogens with zero attached hydrogens (tertiary/aromatic N) is 4. The number of aromatic nitrogens is 4. The third-order valence-corrected chi connectivity index (χ3v) is 5.66. The Morgan fingerprint density at radius 2 is 2.00 bits per heavy atom. The zero-order valence-electron chi connectivity index (χ0n) is 17.7. The SMILES string of the molecule is C=C(c1ccn[nH]1)c1nc(N2CCOCC2)cc(-c2cnc3ccccc3c2)c1/C=C\N. The quantitative estimate of drug-likeness (QED) is 0.506. The molecule has 0 amide bonds. The molecule has 0 saturated carbocycles. The van der Waals surface area contributed by atoms with Crippen LogP contribution in [0, 0.1) is 0 Å². The van der Waals surface area contributed by atoms with E-state index in [9.17, 15) is 0 Å². The van der Waals surface area contributed by atoms with Crippen molar-refractivity contribution in [2.75, 3.05) is 31.2 Å². The van der Waals surface area contributed by atoms with Crippen LogP contribution in [0.5, 0.6) is 0 Å². The smallest absolute Gasteiger partial charge is 0.130 e. The summed E-state index contributed by atoms with van der Waals surface area (Å²) in [6, 6.07) is 14.2. The first-order valence-corrected chi connectivity index (χ1v) is 10.5. The molecule has 160 valence electrons. The lowest BCUT2D eigenvalue weighted by Gasteiger charge is -2.29. The number of benzene rings is 1. The molecular formula is C25H24N6O. The highest BCUT2D eigenvalue weighted by atomic mass is 16.5. The first-order chi connectivity index (χ1) is 15.7. The van der Waals surface area contributed by atoms with Gasteiger partial charge in [0.25, 0.3) is 0 Å². The number of H-pyrrole nitrogens is 1. The molecule has 7 nitrogen and oxygen atoms in total. The monoisotopic (exact) mass is 424 g/mol. The number of ether oxygens (including phenoxy) is 1. The molecule has 0 aliphatic carbocycles. The number of para-hydroxylation sites is 1. The molecule has 4 aromatic rings. The van der Waals surface area contributed by atoms with Gasteiger partial charge in [-0.25, -0.2) is 4.98 Å². The molecule has 5 rings (SSSR count). The van der Waals surface area contributed by atoms with Gasteiger partial charge < -0.3 is 15.4 Å². The predicted molar refractivity (Wildman–Crippen MR) is 128 cm³/mol. The summed E-state index contributed by atoms with van der Waals surface area (Å²) in [5.41, 5.74) is 12.0. The minimum Gasteiger partial charge on any atom is -0.405 e. The van der Waals surface area contributed by atoms with Crippen LogP contribution in [-0.2, 0) is 4.74 Å². The molecule has 7 heteroatoms. The Kier molecular flexibility index (Phi) is 5.39. The van der Waals surface area contributed by atoms with Gasteiger partial charge in [-0.2, -0.15) is 5.10 Å². The zero-order valence-corrected chi connectivity index (χ0v) is 17.7. The lowest BCUT2D eigenvalue weighted by molar-refractivity contribution is 0.122. The van der Waals surface area contributed by atoms with Crippen molar-refractivity contribution in [1.82, 2.24) is 20.2 Å². The fourth-order valence-corrected chi connectivity index (χ4v) is 4.00. The molecule has 0 bridgehead atoms. The van der Waals surface area contributed by atoms with E-state index in [4.69, 9.17) is 15.5 Å². The summed E-state index contributed by atoms with van der Waals surface area (Å²) in [4.78, 5) is 11.9. The van der Waals surface area contributed by atoms with Crippen molar-refractivity contribution in [2.24, 2.45) is 5.73 Å². The summed E-state index contributed by atoms with van der Waals surface area (Å²) in [7, 11) is 0. The normalized spacial score (nSPS) is 14.3. The Morgan fingerprint density at radius 1 is 1.16 bits per heavy atom. The molecule has 1 aliphatic heterocycles. The van der Waals surface area contributed by atoms with Crippen molar-refractivity contribution in [3.05, 3.63) is 84.6 Å². The number of rotatable bonds is 5. The standard InChI is InChI=1S/C25H24N6O/c1-17(22-7-9-28-30-22)25-20(6-8-26)21(15-24(29-25)31-10-12-32-13-11-31)19-14-18-4-2-3-5-23(18)27-16-19/h2-9,14-16H,1,10-13,26H2,(H,28,30)/b8-6-. The van der Waals surface area contributed by atoms with Crippen LogP contribution in [0.2, 0.25) is 0 Å². The molecule has 1 fully saturated rings. The largest absolute Gasteiger partial charge is 0.405 e. The molecule has 1 saturated heterocycles. The number of anilines is 1. The van der Waals surface area contributed by atoms with Gasteiger partial charge in [0.05, 0.1) is 30.1 Å². The van der Waals surface area contributed by atoms with Crippen LogP contribution >= 0.6 is 0 Å². The Bertz CT molecular complexity index is 1290. The van der Waals surface area contributed by atoms with Crippen LogP contribution in [-0.4, -0.2) is 46.5 Å². The second-order valence-electron chi connectivity index (χ2n) is 7.61. The Hall–Kier alpha value is -3.97. The minimum absolute atomic E-state index is 0.676. The first kappa shape index (κ1) is 20.0. The number of hydrogen-bond acceptors (Lipinski definition) is 6. The molecule has 32 heavy (non-hydrogen) atoms. The molecule has 3 N–H and O–H groups in total. The van der Waals surface area contributed by atoms with Gasteiger partial charge in [-0.1, -0.05) is 24.8 Å². The highest BCUT2D eigenvalue weighted by Crippen LogP contribution is 2.35.